The van der Waals surface area contributed by atoms with Crippen LogP contribution in [0.4, 0.5) is 0 Å². The summed E-state index contributed by atoms with van der Waals surface area (Å²) < 4.78 is 19.8. The molecule has 19 heavy (non-hydrogen) atoms. The second kappa shape index (κ2) is 13.0. The second-order valence-corrected chi connectivity index (χ2v) is 5.73. The van der Waals surface area contributed by atoms with Crippen molar-refractivity contribution >= 4 is 7.82 Å². The molecule has 0 aliphatic heterocycles. The normalized spacial score (nSPS) is 11.9. The maximum Gasteiger partial charge on any atom is 0.469 e. The summed E-state index contributed by atoms with van der Waals surface area (Å²) in [6, 6.07) is 0. The highest BCUT2D eigenvalue weighted by Crippen LogP contribution is 2.35. The van der Waals surface area contributed by atoms with Crippen molar-refractivity contribution in [3.05, 3.63) is 0 Å². The van der Waals surface area contributed by atoms with Crippen molar-refractivity contribution in [3.8, 4) is 0 Å². The average molecular weight is 298 g/mol. The van der Waals surface area contributed by atoms with Crippen LogP contribution in [0.3, 0.4) is 0 Å². The predicted molar refractivity (Wildman–Crippen MR) is 72.8 cm³/mol. The van der Waals surface area contributed by atoms with Crippen LogP contribution in [0.5, 0.6) is 0 Å². The number of ether oxygens (including phenoxy) is 1. The minimum Gasteiger partial charge on any atom is -0.396 e. The Morgan fingerprint density at radius 3 is 1.79 bits per heavy atom. The topological polar surface area (TPSA) is 96.2 Å². The Labute approximate surface area is 115 Å². The van der Waals surface area contributed by atoms with E-state index in [9.17, 15) is 4.57 Å². The Morgan fingerprint density at radius 1 is 0.737 bits per heavy atom. The summed E-state index contributed by atoms with van der Waals surface area (Å²) in [7, 11) is -4.34. The minimum absolute atomic E-state index is 0.0743. The van der Waals surface area contributed by atoms with E-state index in [4.69, 9.17) is 19.6 Å². The number of hydrogen-bond donors (Lipinski definition) is 3. The molecule has 0 rings (SSSR count). The van der Waals surface area contributed by atoms with Crippen molar-refractivity contribution in [1.29, 1.82) is 0 Å². The lowest BCUT2D eigenvalue weighted by Crippen LogP contribution is -2.04. The van der Waals surface area contributed by atoms with Crippen LogP contribution in [0.25, 0.3) is 0 Å². The lowest BCUT2D eigenvalue weighted by atomic mass is 10.1. The number of aliphatic hydroxyl groups excluding tert-OH is 1. The summed E-state index contributed by atoms with van der Waals surface area (Å²) in [4.78, 5) is 16.8. The van der Waals surface area contributed by atoms with Crippen LogP contribution >= 0.6 is 7.82 Å². The molecule has 6 nitrogen and oxygen atoms in total. The van der Waals surface area contributed by atoms with E-state index >= 15 is 0 Å². The standard InChI is InChI=1S/C12H27O6P/c13-9-7-5-3-1-2-4-6-8-10-17-11-12-18-19(14,15)16/h13H,1-12H2,(H2,14,15,16). The van der Waals surface area contributed by atoms with Crippen molar-refractivity contribution < 1.29 is 28.7 Å². The fourth-order valence-electron chi connectivity index (χ4n) is 1.69. The van der Waals surface area contributed by atoms with Crippen molar-refractivity contribution in [2.24, 2.45) is 0 Å². The molecule has 0 unspecified atom stereocenters. The minimum atomic E-state index is -4.34. The number of aliphatic hydroxyl groups is 1. The van der Waals surface area contributed by atoms with Gasteiger partial charge in [0.1, 0.15) is 0 Å². The zero-order chi connectivity index (χ0) is 14.4. The number of phosphoric ester groups is 1. The molecule has 0 saturated carbocycles. The zero-order valence-corrected chi connectivity index (χ0v) is 12.4. The third kappa shape index (κ3) is 18.0. The van der Waals surface area contributed by atoms with Gasteiger partial charge >= 0.3 is 7.82 Å². The Balaban J connectivity index is 3.01. The molecule has 0 atom stereocenters. The van der Waals surface area contributed by atoms with Gasteiger partial charge in [0.05, 0.1) is 13.2 Å². The highest BCUT2D eigenvalue weighted by atomic mass is 31.2. The SMILES string of the molecule is O=P(O)(O)OCCOCCCCCCCCCCO. The van der Waals surface area contributed by atoms with E-state index in [0.29, 0.717) is 13.2 Å². The van der Waals surface area contributed by atoms with E-state index in [-0.39, 0.29) is 13.2 Å². The van der Waals surface area contributed by atoms with Gasteiger partial charge in [0.25, 0.3) is 0 Å². The van der Waals surface area contributed by atoms with Crippen molar-refractivity contribution in [1.82, 2.24) is 0 Å². The van der Waals surface area contributed by atoms with Crippen LogP contribution in [0.15, 0.2) is 0 Å². The molecule has 0 spiro atoms. The van der Waals surface area contributed by atoms with Crippen LogP contribution < -0.4 is 0 Å². The molecule has 0 aromatic rings. The third-order valence-electron chi connectivity index (χ3n) is 2.68. The molecule has 0 aliphatic rings. The molecule has 0 aromatic heterocycles. The molecule has 0 radical (unpaired) electrons. The first-order valence-corrected chi connectivity index (χ1v) is 8.48. The monoisotopic (exact) mass is 298 g/mol. The number of hydrogen-bond acceptors (Lipinski definition) is 4. The maximum atomic E-state index is 10.3. The Morgan fingerprint density at radius 2 is 1.26 bits per heavy atom. The Hall–Kier alpha value is 0.0300. The van der Waals surface area contributed by atoms with Gasteiger partial charge in [0.2, 0.25) is 0 Å². The third-order valence-corrected chi connectivity index (χ3v) is 3.20. The largest absolute Gasteiger partial charge is 0.469 e. The van der Waals surface area contributed by atoms with Gasteiger partial charge in [-0.1, -0.05) is 38.5 Å². The summed E-state index contributed by atoms with van der Waals surface area (Å²) in [6.07, 6.45) is 8.90. The van der Waals surface area contributed by atoms with Gasteiger partial charge in [-0.25, -0.2) is 4.57 Å². The smallest absolute Gasteiger partial charge is 0.396 e. The van der Waals surface area contributed by atoms with Crippen molar-refractivity contribution in [2.45, 2.75) is 51.4 Å². The first-order chi connectivity index (χ1) is 9.06. The fourth-order valence-corrected chi connectivity index (χ4v) is 2.01. The van der Waals surface area contributed by atoms with E-state index in [1.54, 1.807) is 0 Å². The highest BCUT2D eigenvalue weighted by molar-refractivity contribution is 7.46. The second-order valence-electron chi connectivity index (χ2n) is 4.49. The number of phosphoric acid groups is 1. The average Bonchev–Trinajstić information content (AvgIpc) is 2.34. The van der Waals surface area contributed by atoms with Crippen LogP contribution in [0.2, 0.25) is 0 Å². The van der Waals surface area contributed by atoms with Gasteiger partial charge in [0.15, 0.2) is 0 Å². The molecule has 116 valence electrons. The molecule has 0 aliphatic carbocycles. The molecule has 3 N–H and O–H groups in total. The van der Waals surface area contributed by atoms with E-state index in [1.807, 2.05) is 0 Å². The first kappa shape index (κ1) is 19.0. The molecule has 7 heteroatoms. The molecule has 0 fully saturated rings. The molecule has 0 amide bonds. The van der Waals surface area contributed by atoms with Gasteiger partial charge in [-0.15, -0.1) is 0 Å². The maximum absolute atomic E-state index is 10.3. The Kier molecular flexibility index (Phi) is 13.1. The quantitative estimate of drug-likeness (QED) is 0.336. The van der Waals surface area contributed by atoms with Gasteiger partial charge < -0.3 is 19.6 Å². The molecule has 0 saturated heterocycles. The van der Waals surface area contributed by atoms with E-state index < -0.39 is 7.82 Å². The van der Waals surface area contributed by atoms with Crippen LogP contribution in [-0.2, 0) is 13.8 Å². The summed E-state index contributed by atoms with van der Waals surface area (Å²) in [5.41, 5.74) is 0. The Bertz CT molecular complexity index is 230. The van der Waals surface area contributed by atoms with E-state index in [1.165, 1.54) is 25.7 Å². The lowest BCUT2D eigenvalue weighted by molar-refractivity contribution is 0.0831. The van der Waals surface area contributed by atoms with Crippen LogP contribution in [0.1, 0.15) is 51.4 Å². The molecule has 0 bridgehead atoms. The fraction of sp³-hybridized carbons (Fsp3) is 1.00. The van der Waals surface area contributed by atoms with Crippen LogP contribution in [-0.4, -0.2) is 41.3 Å². The molecular formula is C12H27O6P. The first-order valence-electron chi connectivity index (χ1n) is 6.95. The van der Waals surface area contributed by atoms with E-state index in [0.717, 1.165) is 25.7 Å². The highest BCUT2D eigenvalue weighted by Gasteiger charge is 2.12. The number of rotatable bonds is 14. The molecule has 0 aromatic carbocycles. The van der Waals surface area contributed by atoms with Gasteiger partial charge in [-0.05, 0) is 12.8 Å². The summed E-state index contributed by atoms with van der Waals surface area (Å²) in [5, 5.41) is 8.61. The van der Waals surface area contributed by atoms with Crippen molar-refractivity contribution in [3.63, 3.8) is 0 Å². The van der Waals surface area contributed by atoms with E-state index in [2.05, 4.69) is 4.52 Å². The lowest BCUT2D eigenvalue weighted by Gasteiger charge is -2.06. The van der Waals surface area contributed by atoms with Crippen LogP contribution in [0, 0.1) is 0 Å². The molecular weight excluding hydrogens is 271 g/mol. The summed E-state index contributed by atoms with van der Waals surface area (Å²) >= 11 is 0. The zero-order valence-electron chi connectivity index (χ0n) is 11.5. The molecule has 0 heterocycles. The van der Waals surface area contributed by atoms with Crippen molar-refractivity contribution in [2.75, 3.05) is 26.4 Å². The summed E-state index contributed by atoms with van der Waals surface area (Å²) in [6.45, 7) is 1.04. The van der Waals surface area contributed by atoms with Gasteiger partial charge in [-0.2, -0.15) is 0 Å². The number of unbranched alkanes of at least 4 members (excludes halogenated alkanes) is 7. The van der Waals surface area contributed by atoms with Gasteiger partial charge in [-0.3, -0.25) is 4.52 Å². The predicted octanol–water partition coefficient (Wildman–Crippen LogP) is 2.23. The summed E-state index contributed by atoms with van der Waals surface area (Å²) in [5.74, 6) is 0. The van der Waals surface area contributed by atoms with Gasteiger partial charge in [0, 0.05) is 13.2 Å².